The van der Waals surface area contributed by atoms with Crippen LogP contribution in [0.1, 0.15) is 31.9 Å². The molecule has 1 aromatic rings. The second-order valence-corrected chi connectivity index (χ2v) is 4.88. The second kappa shape index (κ2) is 6.92. The zero-order chi connectivity index (χ0) is 12.0. The van der Waals surface area contributed by atoms with Crippen LogP contribution in [-0.2, 0) is 0 Å². The van der Waals surface area contributed by atoms with Gasteiger partial charge in [-0.25, -0.2) is 4.39 Å². The lowest BCUT2D eigenvalue weighted by atomic mass is 10.1. The van der Waals surface area contributed by atoms with E-state index in [0.29, 0.717) is 6.04 Å². The lowest BCUT2D eigenvalue weighted by Crippen LogP contribution is -2.33. The van der Waals surface area contributed by atoms with Crippen LogP contribution in [0.3, 0.4) is 0 Å². The van der Waals surface area contributed by atoms with Crippen molar-refractivity contribution >= 4 is 11.8 Å². The summed E-state index contributed by atoms with van der Waals surface area (Å²) in [4.78, 5) is 0. The Bertz CT molecular complexity index is 317. The summed E-state index contributed by atoms with van der Waals surface area (Å²) in [6.07, 6.45) is 3.16. The average molecular weight is 241 g/mol. The summed E-state index contributed by atoms with van der Waals surface area (Å²) in [6, 6.07) is 7.49. The molecule has 0 aliphatic rings. The standard InChI is InChI=1S/C13H20FNS/c1-4-11(9-16-3)15-10(2)12-7-5-6-8-13(12)14/h5-8,10-11,15H,4,9H2,1-3H3. The molecule has 0 aromatic heterocycles. The lowest BCUT2D eigenvalue weighted by Gasteiger charge is -2.22. The van der Waals surface area contributed by atoms with E-state index in [9.17, 15) is 4.39 Å². The van der Waals surface area contributed by atoms with Crippen molar-refractivity contribution in [3.63, 3.8) is 0 Å². The van der Waals surface area contributed by atoms with Crippen molar-refractivity contribution in [2.24, 2.45) is 0 Å². The van der Waals surface area contributed by atoms with Gasteiger partial charge in [-0.2, -0.15) is 11.8 Å². The number of hydrogen-bond acceptors (Lipinski definition) is 2. The van der Waals surface area contributed by atoms with E-state index >= 15 is 0 Å². The topological polar surface area (TPSA) is 12.0 Å². The molecule has 90 valence electrons. The molecule has 3 heteroatoms. The van der Waals surface area contributed by atoms with Gasteiger partial charge in [0.05, 0.1) is 0 Å². The maximum absolute atomic E-state index is 13.5. The molecule has 0 saturated heterocycles. The first-order valence-electron chi connectivity index (χ1n) is 5.68. The third-order valence-corrected chi connectivity index (χ3v) is 3.45. The van der Waals surface area contributed by atoms with Gasteiger partial charge in [-0.05, 0) is 25.7 Å². The number of halogens is 1. The Morgan fingerprint density at radius 2 is 2.06 bits per heavy atom. The summed E-state index contributed by atoms with van der Waals surface area (Å²) in [7, 11) is 0. The highest BCUT2D eigenvalue weighted by Gasteiger charge is 2.13. The van der Waals surface area contributed by atoms with Crippen molar-refractivity contribution in [2.75, 3.05) is 12.0 Å². The minimum Gasteiger partial charge on any atom is -0.307 e. The molecule has 0 radical (unpaired) electrons. The van der Waals surface area contributed by atoms with Gasteiger partial charge in [0.15, 0.2) is 0 Å². The highest BCUT2D eigenvalue weighted by Crippen LogP contribution is 2.17. The number of thioether (sulfide) groups is 1. The largest absolute Gasteiger partial charge is 0.307 e. The molecule has 0 aliphatic carbocycles. The van der Waals surface area contributed by atoms with Gasteiger partial charge in [-0.15, -0.1) is 0 Å². The molecule has 0 amide bonds. The Balaban J connectivity index is 2.64. The second-order valence-electron chi connectivity index (χ2n) is 3.97. The molecule has 0 fully saturated rings. The van der Waals surface area contributed by atoms with Gasteiger partial charge in [0.1, 0.15) is 5.82 Å². The number of hydrogen-bond donors (Lipinski definition) is 1. The highest BCUT2D eigenvalue weighted by molar-refractivity contribution is 7.98. The zero-order valence-corrected chi connectivity index (χ0v) is 11.0. The van der Waals surface area contributed by atoms with Crippen molar-refractivity contribution in [3.05, 3.63) is 35.6 Å². The van der Waals surface area contributed by atoms with Gasteiger partial charge in [0.2, 0.25) is 0 Å². The van der Waals surface area contributed by atoms with Crippen LogP contribution in [-0.4, -0.2) is 18.1 Å². The van der Waals surface area contributed by atoms with Crippen molar-refractivity contribution in [2.45, 2.75) is 32.4 Å². The van der Waals surface area contributed by atoms with E-state index in [1.165, 1.54) is 6.07 Å². The Hall–Kier alpha value is -0.540. The maximum Gasteiger partial charge on any atom is 0.127 e. The van der Waals surface area contributed by atoms with E-state index in [-0.39, 0.29) is 11.9 Å². The molecule has 2 atom stereocenters. The first-order chi connectivity index (χ1) is 7.69. The van der Waals surface area contributed by atoms with Crippen LogP contribution >= 0.6 is 11.8 Å². The minimum absolute atomic E-state index is 0.0679. The molecule has 1 rings (SSSR count). The molecular formula is C13H20FNS. The first-order valence-corrected chi connectivity index (χ1v) is 7.07. The van der Waals surface area contributed by atoms with E-state index in [1.807, 2.05) is 30.8 Å². The predicted octanol–water partition coefficient (Wildman–Crippen LogP) is 3.62. The Kier molecular flexibility index (Phi) is 5.85. The van der Waals surface area contributed by atoms with Crippen LogP contribution in [0.2, 0.25) is 0 Å². The Morgan fingerprint density at radius 3 is 2.62 bits per heavy atom. The van der Waals surface area contributed by atoms with Gasteiger partial charge in [-0.3, -0.25) is 0 Å². The van der Waals surface area contributed by atoms with Crippen LogP contribution < -0.4 is 5.32 Å². The fourth-order valence-electron chi connectivity index (χ4n) is 1.75. The normalized spacial score (nSPS) is 14.8. The average Bonchev–Trinajstić information content (AvgIpc) is 2.28. The molecule has 0 aliphatic heterocycles. The third-order valence-electron chi connectivity index (χ3n) is 2.72. The summed E-state index contributed by atoms with van der Waals surface area (Å²) in [5, 5.41) is 3.46. The highest BCUT2D eigenvalue weighted by atomic mass is 32.2. The van der Waals surface area contributed by atoms with Crippen molar-refractivity contribution in [1.29, 1.82) is 0 Å². The van der Waals surface area contributed by atoms with Gasteiger partial charge in [0.25, 0.3) is 0 Å². The number of rotatable bonds is 6. The van der Waals surface area contributed by atoms with Crippen LogP contribution in [0.5, 0.6) is 0 Å². The van der Waals surface area contributed by atoms with Gasteiger partial charge < -0.3 is 5.32 Å². The van der Waals surface area contributed by atoms with Gasteiger partial charge in [0, 0.05) is 23.4 Å². The van der Waals surface area contributed by atoms with Crippen molar-refractivity contribution in [3.8, 4) is 0 Å². The summed E-state index contributed by atoms with van der Waals surface area (Å²) >= 11 is 1.82. The molecule has 1 aromatic carbocycles. The van der Waals surface area contributed by atoms with Crippen LogP contribution in [0.25, 0.3) is 0 Å². The fraction of sp³-hybridized carbons (Fsp3) is 0.538. The third kappa shape index (κ3) is 3.80. The molecular weight excluding hydrogens is 221 g/mol. The molecule has 2 unspecified atom stereocenters. The van der Waals surface area contributed by atoms with Crippen molar-refractivity contribution < 1.29 is 4.39 Å². The molecule has 0 saturated carbocycles. The Morgan fingerprint density at radius 1 is 1.38 bits per heavy atom. The van der Waals surface area contributed by atoms with E-state index in [0.717, 1.165) is 17.7 Å². The monoisotopic (exact) mass is 241 g/mol. The molecule has 0 bridgehead atoms. The van der Waals surface area contributed by atoms with Crippen molar-refractivity contribution in [1.82, 2.24) is 5.32 Å². The van der Waals surface area contributed by atoms with Crippen LogP contribution in [0.4, 0.5) is 4.39 Å². The van der Waals surface area contributed by atoms with E-state index in [4.69, 9.17) is 0 Å². The van der Waals surface area contributed by atoms with E-state index < -0.39 is 0 Å². The molecule has 0 heterocycles. The quantitative estimate of drug-likeness (QED) is 0.816. The number of benzene rings is 1. The summed E-state index contributed by atoms with van der Waals surface area (Å²) in [5.74, 6) is 0.941. The van der Waals surface area contributed by atoms with Crippen LogP contribution in [0, 0.1) is 5.82 Å². The smallest absolute Gasteiger partial charge is 0.127 e. The first kappa shape index (κ1) is 13.5. The lowest BCUT2D eigenvalue weighted by molar-refractivity contribution is 0.459. The van der Waals surface area contributed by atoms with E-state index in [1.54, 1.807) is 6.07 Å². The SMILES string of the molecule is CCC(CSC)NC(C)c1ccccc1F. The summed E-state index contributed by atoms with van der Waals surface area (Å²) in [5.41, 5.74) is 0.752. The maximum atomic E-state index is 13.5. The fourth-order valence-corrected chi connectivity index (χ4v) is 2.49. The van der Waals surface area contributed by atoms with Gasteiger partial charge >= 0.3 is 0 Å². The van der Waals surface area contributed by atoms with Crippen LogP contribution in [0.15, 0.2) is 24.3 Å². The van der Waals surface area contributed by atoms with E-state index in [2.05, 4.69) is 18.5 Å². The zero-order valence-electron chi connectivity index (χ0n) is 10.2. The molecule has 1 nitrogen and oxygen atoms in total. The molecule has 16 heavy (non-hydrogen) atoms. The summed E-state index contributed by atoms with van der Waals surface area (Å²) < 4.78 is 13.5. The summed E-state index contributed by atoms with van der Waals surface area (Å²) in [6.45, 7) is 4.17. The Labute approximate surface area is 102 Å². The molecule has 0 spiro atoms. The number of nitrogens with one attached hydrogen (secondary N) is 1. The predicted molar refractivity (Wildman–Crippen MR) is 70.4 cm³/mol. The van der Waals surface area contributed by atoms with Gasteiger partial charge in [-0.1, -0.05) is 25.1 Å². The molecule has 1 N–H and O–H groups in total. The minimum atomic E-state index is -0.124.